The molecule has 2 rings (SSSR count). The van der Waals surface area contributed by atoms with Crippen molar-refractivity contribution in [2.45, 2.75) is 89.3 Å². The molecule has 0 bridgehead atoms. The van der Waals surface area contributed by atoms with Crippen LogP contribution in [0, 0.1) is 0 Å². The van der Waals surface area contributed by atoms with Gasteiger partial charge in [0, 0.05) is 24.7 Å². The Bertz CT molecular complexity index is 872. The van der Waals surface area contributed by atoms with E-state index in [1.54, 1.807) is 13.3 Å². The molecule has 0 aliphatic rings. The number of nitrogens with one attached hydrogen (secondary N) is 1. The van der Waals surface area contributed by atoms with Gasteiger partial charge in [-0.25, -0.2) is 0 Å². The molecule has 35 heavy (non-hydrogen) atoms. The maximum absolute atomic E-state index is 13.3. The van der Waals surface area contributed by atoms with Crippen molar-refractivity contribution in [1.29, 1.82) is 0 Å². The Balaban J connectivity index is 2.41. The Kier molecular flexibility index (Phi) is 11.0. The Hall–Kier alpha value is -1.26. The molecule has 196 valence electrons. The predicted molar refractivity (Wildman–Crippen MR) is 147 cm³/mol. The zero-order chi connectivity index (χ0) is 26.3. The van der Waals surface area contributed by atoms with Crippen molar-refractivity contribution < 1.29 is 18.5 Å². The first-order chi connectivity index (χ1) is 16.3. The summed E-state index contributed by atoms with van der Waals surface area (Å²) in [7, 11) is -0.569. The van der Waals surface area contributed by atoms with E-state index in [0.29, 0.717) is 13.2 Å². The minimum absolute atomic E-state index is 0.0138. The van der Waals surface area contributed by atoms with Gasteiger partial charge in [-0.1, -0.05) is 57.2 Å². The standard InChI is InChI=1S/C27H44N2O4SSi/c1-26(2,3)34(30)29-24(23(31-7)20-32-19-21-15-11-10-12-16-21)25(22-17-13-14-18-28-22)33-35(8,9)27(4,5)6/h10-18,23-25,29H,19-20H2,1-9H3/t23-,24-,25+,34-/m1/s1. The summed E-state index contributed by atoms with van der Waals surface area (Å²) in [6.07, 6.45) is 0.887. The molecule has 0 spiro atoms. The molecule has 0 unspecified atom stereocenters. The van der Waals surface area contributed by atoms with E-state index in [4.69, 9.17) is 13.9 Å². The summed E-state index contributed by atoms with van der Waals surface area (Å²) in [5.41, 5.74) is 1.87. The van der Waals surface area contributed by atoms with Crippen LogP contribution in [0.25, 0.3) is 0 Å². The highest BCUT2D eigenvalue weighted by Gasteiger charge is 2.45. The number of rotatable bonds is 12. The SMILES string of the molecule is CO[C@H](COCc1ccccc1)[C@@H](N[S@+]([O-])C(C)(C)C)[C@@H](O[Si](C)(C)C(C)(C)C)c1ccccn1. The van der Waals surface area contributed by atoms with Crippen molar-refractivity contribution in [2.24, 2.45) is 0 Å². The summed E-state index contributed by atoms with van der Waals surface area (Å²) in [6, 6.07) is 15.4. The van der Waals surface area contributed by atoms with Crippen molar-refractivity contribution in [3.63, 3.8) is 0 Å². The monoisotopic (exact) mass is 520 g/mol. The molecule has 1 N–H and O–H groups in total. The second-order valence-electron chi connectivity index (χ2n) is 11.4. The summed E-state index contributed by atoms with van der Waals surface area (Å²) in [5.74, 6) is 0. The van der Waals surface area contributed by atoms with Crippen LogP contribution in [0.1, 0.15) is 58.9 Å². The van der Waals surface area contributed by atoms with E-state index in [-0.39, 0.29) is 5.04 Å². The van der Waals surface area contributed by atoms with Crippen molar-refractivity contribution in [3.05, 3.63) is 66.0 Å². The number of benzene rings is 1. The fourth-order valence-electron chi connectivity index (χ4n) is 3.17. The maximum atomic E-state index is 13.3. The summed E-state index contributed by atoms with van der Waals surface area (Å²) in [5, 5.41) is -0.0138. The van der Waals surface area contributed by atoms with Crippen LogP contribution in [-0.2, 0) is 31.9 Å². The van der Waals surface area contributed by atoms with Crippen molar-refractivity contribution in [3.8, 4) is 0 Å². The van der Waals surface area contributed by atoms with Crippen LogP contribution in [0.15, 0.2) is 54.7 Å². The molecule has 1 aromatic heterocycles. The molecule has 1 heterocycles. The van der Waals surface area contributed by atoms with E-state index < -0.39 is 42.7 Å². The third kappa shape index (κ3) is 8.96. The molecule has 0 saturated carbocycles. The predicted octanol–water partition coefficient (Wildman–Crippen LogP) is 5.80. The lowest BCUT2D eigenvalue weighted by atomic mass is 10.0. The van der Waals surface area contributed by atoms with Gasteiger partial charge in [0.05, 0.1) is 18.9 Å². The maximum Gasteiger partial charge on any atom is 0.193 e. The first-order valence-corrected chi connectivity index (χ1v) is 16.2. The number of methoxy groups -OCH3 is 1. The van der Waals surface area contributed by atoms with E-state index in [1.165, 1.54) is 0 Å². The lowest BCUT2D eigenvalue weighted by Crippen LogP contribution is -2.56. The molecule has 0 fully saturated rings. The average molecular weight is 521 g/mol. The Morgan fingerprint density at radius 2 is 1.63 bits per heavy atom. The molecule has 1 aromatic carbocycles. The zero-order valence-corrected chi connectivity index (χ0v) is 24.6. The third-order valence-electron chi connectivity index (χ3n) is 6.43. The number of nitrogens with zero attached hydrogens (tertiary/aromatic N) is 1. The van der Waals surface area contributed by atoms with Gasteiger partial charge in [0.25, 0.3) is 0 Å². The second kappa shape index (κ2) is 12.8. The van der Waals surface area contributed by atoms with Crippen LogP contribution >= 0.6 is 0 Å². The molecule has 8 heteroatoms. The smallest absolute Gasteiger partial charge is 0.193 e. The minimum Gasteiger partial charge on any atom is -0.598 e. The van der Waals surface area contributed by atoms with Crippen LogP contribution in [0.4, 0.5) is 0 Å². The molecule has 0 aliphatic heterocycles. The average Bonchev–Trinajstić information content (AvgIpc) is 2.79. The minimum atomic E-state index is -2.23. The lowest BCUT2D eigenvalue weighted by Gasteiger charge is -2.43. The van der Waals surface area contributed by atoms with Gasteiger partial charge < -0.3 is 18.5 Å². The van der Waals surface area contributed by atoms with Crippen molar-refractivity contribution in [2.75, 3.05) is 13.7 Å². The van der Waals surface area contributed by atoms with Gasteiger partial charge in [-0.2, -0.15) is 0 Å². The Morgan fingerprint density at radius 3 is 2.14 bits per heavy atom. The highest BCUT2D eigenvalue weighted by atomic mass is 32.2. The summed E-state index contributed by atoms with van der Waals surface area (Å²) >= 11 is -1.35. The highest BCUT2D eigenvalue weighted by Crippen LogP contribution is 2.41. The van der Waals surface area contributed by atoms with Gasteiger partial charge in [0.15, 0.2) is 8.32 Å². The van der Waals surface area contributed by atoms with Crippen LogP contribution in [0.2, 0.25) is 18.1 Å². The largest absolute Gasteiger partial charge is 0.598 e. The highest BCUT2D eigenvalue weighted by molar-refractivity contribution is 7.90. The second-order valence-corrected chi connectivity index (χ2v) is 18.1. The van der Waals surface area contributed by atoms with Crippen molar-refractivity contribution >= 4 is 19.7 Å². The molecule has 0 saturated heterocycles. The van der Waals surface area contributed by atoms with Gasteiger partial charge in [-0.3, -0.25) is 4.98 Å². The molecule has 4 atom stereocenters. The summed E-state index contributed by atoms with van der Waals surface area (Å²) in [6.45, 7) is 17.7. The fourth-order valence-corrected chi connectivity index (χ4v) is 5.31. The Labute approximate surface area is 216 Å². The van der Waals surface area contributed by atoms with Crippen molar-refractivity contribution in [1.82, 2.24) is 9.71 Å². The molecular weight excluding hydrogens is 476 g/mol. The molecule has 6 nitrogen and oxygen atoms in total. The van der Waals surface area contributed by atoms with Crippen LogP contribution in [0.3, 0.4) is 0 Å². The number of hydrogen-bond acceptors (Lipinski definition) is 6. The number of hydrogen-bond donors (Lipinski definition) is 1. The summed E-state index contributed by atoms with van der Waals surface area (Å²) < 4.78 is 35.2. The molecular formula is C27H44N2O4SSi. The number of ether oxygens (including phenoxy) is 2. The number of aromatic nitrogens is 1. The first kappa shape index (κ1) is 30.0. The van der Waals surface area contributed by atoms with E-state index in [2.05, 4.69) is 43.6 Å². The van der Waals surface area contributed by atoms with Gasteiger partial charge in [0.1, 0.15) is 23.0 Å². The van der Waals surface area contributed by atoms with E-state index in [1.807, 2.05) is 69.3 Å². The van der Waals surface area contributed by atoms with Gasteiger partial charge in [-0.15, -0.1) is 4.72 Å². The van der Waals surface area contributed by atoms with Gasteiger partial charge in [0.2, 0.25) is 0 Å². The van der Waals surface area contributed by atoms with E-state index in [9.17, 15) is 4.55 Å². The fraction of sp³-hybridized carbons (Fsp3) is 0.593. The van der Waals surface area contributed by atoms with Gasteiger partial charge >= 0.3 is 0 Å². The lowest BCUT2D eigenvalue weighted by molar-refractivity contribution is -0.0389. The molecule has 0 radical (unpaired) electrons. The van der Waals surface area contributed by atoms with Crippen LogP contribution in [0.5, 0.6) is 0 Å². The van der Waals surface area contributed by atoms with Crippen LogP contribution < -0.4 is 4.72 Å². The van der Waals surface area contributed by atoms with E-state index in [0.717, 1.165) is 11.3 Å². The molecule has 2 aromatic rings. The molecule has 0 amide bonds. The normalized spacial score (nSPS) is 16.5. The Morgan fingerprint density at radius 1 is 1.00 bits per heavy atom. The topological polar surface area (TPSA) is 75.7 Å². The molecule has 0 aliphatic carbocycles. The van der Waals surface area contributed by atoms with Gasteiger partial charge in [-0.05, 0) is 56.6 Å². The van der Waals surface area contributed by atoms with Crippen LogP contribution in [-0.4, -0.2) is 48.5 Å². The van der Waals surface area contributed by atoms with E-state index >= 15 is 0 Å². The quantitative estimate of drug-likeness (QED) is 0.282. The zero-order valence-electron chi connectivity index (χ0n) is 22.8. The first-order valence-electron chi connectivity index (χ1n) is 12.2. The summed E-state index contributed by atoms with van der Waals surface area (Å²) in [4.78, 5) is 4.64. The number of pyridine rings is 1. The third-order valence-corrected chi connectivity index (χ3v) is 12.5.